The Bertz CT molecular complexity index is 457. The number of nitrogens with one attached hydrogen (secondary N) is 1. The number of nitrogens with two attached hydrogens (primary N) is 1. The van der Waals surface area contributed by atoms with Gasteiger partial charge in [-0.15, -0.1) is 11.6 Å². The van der Waals surface area contributed by atoms with E-state index < -0.39 is 17.1 Å². The van der Waals surface area contributed by atoms with Crippen molar-refractivity contribution in [1.29, 1.82) is 5.26 Å². The molecule has 1 aromatic carbocycles. The summed E-state index contributed by atoms with van der Waals surface area (Å²) in [6.45, 7) is 0. The van der Waals surface area contributed by atoms with E-state index >= 15 is 0 Å². The molecule has 3 N–H and O–H groups in total. The summed E-state index contributed by atoms with van der Waals surface area (Å²) in [5, 5.41) is 9.32. The molecule has 0 spiro atoms. The number of hydrazine groups is 1. The van der Waals surface area contributed by atoms with Crippen molar-refractivity contribution in [1.82, 2.24) is 5.43 Å². The molecule has 6 heteroatoms. The smallest absolute Gasteiger partial charge is 0.258 e. The molecule has 0 heterocycles. The standard InChI is InChI=1S/C12H13ClFN3O/c13-7-1-6-12(8-15,11(18)17-16)9-2-4-10(14)5-3-9/h2-5H,1,6-7,16H2,(H,17,18). The average Bonchev–Trinajstić information content (AvgIpc) is 2.41. The zero-order chi connectivity index (χ0) is 13.6. The Labute approximate surface area is 110 Å². The molecule has 1 rings (SSSR count). The van der Waals surface area contributed by atoms with Crippen LogP contribution in [0.5, 0.6) is 0 Å². The van der Waals surface area contributed by atoms with Gasteiger partial charge in [0.25, 0.3) is 5.91 Å². The highest BCUT2D eigenvalue weighted by molar-refractivity contribution is 6.17. The van der Waals surface area contributed by atoms with E-state index in [9.17, 15) is 14.4 Å². The molecule has 0 aliphatic heterocycles. The number of hydrogen-bond donors (Lipinski definition) is 2. The fourth-order valence-electron chi connectivity index (χ4n) is 1.75. The minimum atomic E-state index is -1.43. The second-order valence-electron chi connectivity index (χ2n) is 3.79. The van der Waals surface area contributed by atoms with Gasteiger partial charge < -0.3 is 0 Å². The summed E-state index contributed by atoms with van der Waals surface area (Å²) >= 11 is 5.59. The molecule has 0 saturated heterocycles. The minimum absolute atomic E-state index is 0.224. The first kappa shape index (κ1) is 14.4. The monoisotopic (exact) mass is 269 g/mol. The van der Waals surface area contributed by atoms with Crippen LogP contribution in [0.2, 0.25) is 0 Å². The van der Waals surface area contributed by atoms with Crippen LogP contribution in [0.1, 0.15) is 18.4 Å². The fourth-order valence-corrected chi connectivity index (χ4v) is 1.88. The number of rotatable bonds is 5. The summed E-state index contributed by atoms with van der Waals surface area (Å²) in [4.78, 5) is 11.9. The molecule has 0 aliphatic carbocycles. The van der Waals surface area contributed by atoms with Gasteiger partial charge in [-0.05, 0) is 30.5 Å². The van der Waals surface area contributed by atoms with Crippen molar-refractivity contribution in [2.45, 2.75) is 18.3 Å². The van der Waals surface area contributed by atoms with Gasteiger partial charge in [0.05, 0.1) is 6.07 Å². The van der Waals surface area contributed by atoms with E-state index in [1.165, 1.54) is 24.3 Å². The van der Waals surface area contributed by atoms with E-state index in [1.54, 1.807) is 0 Å². The first-order valence-electron chi connectivity index (χ1n) is 5.35. The van der Waals surface area contributed by atoms with Gasteiger partial charge in [-0.2, -0.15) is 5.26 Å². The van der Waals surface area contributed by atoms with Gasteiger partial charge in [-0.25, -0.2) is 10.2 Å². The van der Waals surface area contributed by atoms with Crippen LogP contribution in [-0.2, 0) is 10.2 Å². The summed E-state index contributed by atoms with van der Waals surface area (Å²) in [6.07, 6.45) is 0.696. The molecule has 1 atom stereocenters. The summed E-state index contributed by atoms with van der Waals surface area (Å²) < 4.78 is 12.9. The molecule has 0 saturated carbocycles. The molecule has 96 valence electrons. The van der Waals surface area contributed by atoms with Crippen molar-refractivity contribution in [3.63, 3.8) is 0 Å². The van der Waals surface area contributed by atoms with Crippen LogP contribution in [0.25, 0.3) is 0 Å². The quantitative estimate of drug-likeness (QED) is 0.369. The van der Waals surface area contributed by atoms with Crippen LogP contribution in [-0.4, -0.2) is 11.8 Å². The molecule has 1 aromatic rings. The van der Waals surface area contributed by atoms with Crippen molar-refractivity contribution in [2.24, 2.45) is 5.84 Å². The van der Waals surface area contributed by atoms with E-state index in [0.717, 1.165) is 0 Å². The van der Waals surface area contributed by atoms with Crippen molar-refractivity contribution >= 4 is 17.5 Å². The molecule has 0 aliphatic rings. The van der Waals surface area contributed by atoms with Crippen molar-refractivity contribution in [3.8, 4) is 6.07 Å². The molecule has 0 fully saturated rings. The van der Waals surface area contributed by atoms with E-state index in [2.05, 4.69) is 0 Å². The Morgan fingerprint density at radius 1 is 1.50 bits per heavy atom. The van der Waals surface area contributed by atoms with Gasteiger partial charge in [0, 0.05) is 5.88 Å². The number of benzene rings is 1. The lowest BCUT2D eigenvalue weighted by Gasteiger charge is -2.24. The van der Waals surface area contributed by atoms with Crippen LogP contribution >= 0.6 is 11.6 Å². The van der Waals surface area contributed by atoms with Gasteiger partial charge in [0.2, 0.25) is 0 Å². The van der Waals surface area contributed by atoms with Gasteiger partial charge >= 0.3 is 0 Å². The highest BCUT2D eigenvalue weighted by atomic mass is 35.5. The second kappa shape index (κ2) is 6.34. The fraction of sp³-hybridized carbons (Fsp3) is 0.333. The second-order valence-corrected chi connectivity index (χ2v) is 4.17. The minimum Gasteiger partial charge on any atom is -0.293 e. The molecule has 1 amide bonds. The van der Waals surface area contributed by atoms with E-state index in [4.69, 9.17) is 17.4 Å². The maximum Gasteiger partial charge on any atom is 0.258 e. The third-order valence-electron chi connectivity index (χ3n) is 2.73. The average molecular weight is 270 g/mol. The first-order valence-corrected chi connectivity index (χ1v) is 5.88. The van der Waals surface area contributed by atoms with Crippen LogP contribution in [0, 0.1) is 17.1 Å². The number of halogens is 2. The highest BCUT2D eigenvalue weighted by Crippen LogP contribution is 2.29. The number of carbonyl (C=O) groups excluding carboxylic acids is 1. The lowest BCUT2D eigenvalue weighted by atomic mass is 9.77. The maximum atomic E-state index is 12.9. The summed E-state index contributed by atoms with van der Waals surface area (Å²) in [5.41, 5.74) is 0.950. The zero-order valence-corrected chi connectivity index (χ0v) is 10.4. The molecule has 0 aromatic heterocycles. The Balaban J connectivity index is 3.21. The molecule has 0 bridgehead atoms. The Morgan fingerprint density at radius 3 is 2.56 bits per heavy atom. The zero-order valence-electron chi connectivity index (χ0n) is 9.62. The van der Waals surface area contributed by atoms with Crippen molar-refractivity contribution in [3.05, 3.63) is 35.6 Å². The predicted octanol–water partition coefficient (Wildman–Crippen LogP) is 1.60. The number of amides is 1. The molecule has 1 unspecified atom stereocenters. The van der Waals surface area contributed by atoms with Crippen molar-refractivity contribution < 1.29 is 9.18 Å². The number of nitrogens with zero attached hydrogens (tertiary/aromatic N) is 1. The normalized spacial score (nSPS) is 13.4. The Kier molecular flexibility index (Phi) is 5.08. The summed E-state index contributed by atoms with van der Waals surface area (Å²) in [6, 6.07) is 7.17. The summed E-state index contributed by atoms with van der Waals surface area (Å²) in [7, 11) is 0. The van der Waals surface area contributed by atoms with Crippen LogP contribution < -0.4 is 11.3 Å². The van der Waals surface area contributed by atoms with Gasteiger partial charge in [0.15, 0.2) is 5.41 Å². The molecular formula is C12H13ClFN3O. The Hall–Kier alpha value is -1.64. The lowest BCUT2D eigenvalue weighted by molar-refractivity contribution is -0.125. The van der Waals surface area contributed by atoms with E-state index in [-0.39, 0.29) is 6.42 Å². The van der Waals surface area contributed by atoms with Crippen LogP contribution in [0.3, 0.4) is 0 Å². The maximum absolute atomic E-state index is 12.9. The Morgan fingerprint density at radius 2 is 2.11 bits per heavy atom. The highest BCUT2D eigenvalue weighted by Gasteiger charge is 2.39. The van der Waals surface area contributed by atoms with Gasteiger partial charge in [-0.1, -0.05) is 12.1 Å². The number of carbonyl (C=O) groups is 1. The van der Waals surface area contributed by atoms with E-state index in [0.29, 0.717) is 17.9 Å². The lowest BCUT2D eigenvalue weighted by Crippen LogP contribution is -2.46. The number of nitriles is 1. The van der Waals surface area contributed by atoms with E-state index in [1.807, 2.05) is 11.5 Å². The largest absolute Gasteiger partial charge is 0.293 e. The molecule has 0 radical (unpaired) electrons. The van der Waals surface area contributed by atoms with Crippen LogP contribution in [0.4, 0.5) is 4.39 Å². The number of hydrogen-bond acceptors (Lipinski definition) is 3. The van der Waals surface area contributed by atoms with Gasteiger partial charge in [-0.3, -0.25) is 10.2 Å². The summed E-state index contributed by atoms with van der Waals surface area (Å²) in [5.74, 6) is 4.38. The molecule has 18 heavy (non-hydrogen) atoms. The van der Waals surface area contributed by atoms with Gasteiger partial charge in [0.1, 0.15) is 5.82 Å². The third kappa shape index (κ3) is 2.78. The molecule has 4 nitrogen and oxygen atoms in total. The third-order valence-corrected chi connectivity index (χ3v) is 3.00. The van der Waals surface area contributed by atoms with Crippen LogP contribution in [0.15, 0.2) is 24.3 Å². The topological polar surface area (TPSA) is 78.9 Å². The first-order chi connectivity index (χ1) is 8.60. The van der Waals surface area contributed by atoms with Crippen molar-refractivity contribution in [2.75, 3.05) is 5.88 Å². The SMILES string of the molecule is N#CC(CCCCl)(C(=O)NN)c1ccc(F)cc1. The molecular weight excluding hydrogens is 257 g/mol. The number of alkyl halides is 1. The predicted molar refractivity (Wildman–Crippen MR) is 66.0 cm³/mol.